The van der Waals surface area contributed by atoms with Gasteiger partial charge < -0.3 is 19.9 Å². The van der Waals surface area contributed by atoms with E-state index in [2.05, 4.69) is 10.3 Å². The molecule has 1 aromatic heterocycles. The molecule has 2 amide bonds. The Hall–Kier alpha value is -1.98. The van der Waals surface area contributed by atoms with Crippen LogP contribution < -0.4 is 10.1 Å². The SMILES string of the molecule is COc1ccc(NC2CCN(C(=O)N(C)C)CC2)cn1. The minimum atomic E-state index is 0.0922. The van der Waals surface area contributed by atoms with Gasteiger partial charge in [-0.15, -0.1) is 0 Å². The van der Waals surface area contributed by atoms with E-state index >= 15 is 0 Å². The zero-order chi connectivity index (χ0) is 14.5. The first-order valence-electron chi connectivity index (χ1n) is 6.83. The normalized spacial score (nSPS) is 15.8. The number of hydrogen-bond donors (Lipinski definition) is 1. The largest absolute Gasteiger partial charge is 0.481 e. The third-order valence-electron chi connectivity index (χ3n) is 3.46. The van der Waals surface area contributed by atoms with Crippen LogP contribution in [0.4, 0.5) is 10.5 Å². The summed E-state index contributed by atoms with van der Waals surface area (Å²) >= 11 is 0. The molecule has 1 aliphatic heterocycles. The minimum absolute atomic E-state index is 0.0922. The van der Waals surface area contributed by atoms with E-state index in [1.54, 1.807) is 32.3 Å². The van der Waals surface area contributed by atoms with Gasteiger partial charge in [-0.1, -0.05) is 0 Å². The average Bonchev–Trinajstić information content (AvgIpc) is 2.48. The highest BCUT2D eigenvalue weighted by Crippen LogP contribution is 2.18. The zero-order valence-electron chi connectivity index (χ0n) is 12.3. The highest BCUT2D eigenvalue weighted by Gasteiger charge is 2.23. The first-order valence-corrected chi connectivity index (χ1v) is 6.83. The molecule has 6 nitrogen and oxygen atoms in total. The van der Waals surface area contributed by atoms with Crippen molar-refractivity contribution in [1.29, 1.82) is 0 Å². The fourth-order valence-electron chi connectivity index (χ4n) is 2.32. The number of methoxy groups -OCH3 is 1. The molecule has 1 aromatic rings. The second-order valence-electron chi connectivity index (χ2n) is 5.17. The van der Waals surface area contributed by atoms with Crippen molar-refractivity contribution < 1.29 is 9.53 Å². The van der Waals surface area contributed by atoms with Crippen LogP contribution >= 0.6 is 0 Å². The summed E-state index contributed by atoms with van der Waals surface area (Å²) in [6.45, 7) is 1.58. The monoisotopic (exact) mass is 278 g/mol. The number of hydrogen-bond acceptors (Lipinski definition) is 4. The van der Waals surface area contributed by atoms with E-state index < -0.39 is 0 Å². The predicted molar refractivity (Wildman–Crippen MR) is 78.1 cm³/mol. The summed E-state index contributed by atoms with van der Waals surface area (Å²) in [6.07, 6.45) is 3.67. The number of carbonyl (C=O) groups is 1. The maximum Gasteiger partial charge on any atom is 0.319 e. The lowest BCUT2D eigenvalue weighted by atomic mass is 10.1. The number of amides is 2. The number of pyridine rings is 1. The van der Waals surface area contributed by atoms with E-state index in [1.165, 1.54) is 0 Å². The molecule has 2 heterocycles. The van der Waals surface area contributed by atoms with Crippen LogP contribution in [0.25, 0.3) is 0 Å². The van der Waals surface area contributed by atoms with Gasteiger partial charge >= 0.3 is 6.03 Å². The molecular weight excluding hydrogens is 256 g/mol. The number of nitrogens with one attached hydrogen (secondary N) is 1. The molecule has 2 rings (SSSR count). The Morgan fingerprint density at radius 1 is 1.40 bits per heavy atom. The topological polar surface area (TPSA) is 57.7 Å². The molecule has 0 aliphatic carbocycles. The molecule has 1 fully saturated rings. The van der Waals surface area contributed by atoms with E-state index in [-0.39, 0.29) is 6.03 Å². The van der Waals surface area contributed by atoms with Crippen LogP contribution in [0.5, 0.6) is 5.88 Å². The van der Waals surface area contributed by atoms with Gasteiger partial charge in [0.2, 0.25) is 5.88 Å². The van der Waals surface area contributed by atoms with Crippen molar-refractivity contribution in [2.45, 2.75) is 18.9 Å². The van der Waals surface area contributed by atoms with Crippen molar-refractivity contribution >= 4 is 11.7 Å². The summed E-state index contributed by atoms with van der Waals surface area (Å²) in [4.78, 5) is 19.5. The van der Waals surface area contributed by atoms with E-state index in [0.29, 0.717) is 11.9 Å². The van der Waals surface area contributed by atoms with Gasteiger partial charge in [0.1, 0.15) is 0 Å². The lowest BCUT2D eigenvalue weighted by molar-refractivity contribution is 0.158. The highest BCUT2D eigenvalue weighted by atomic mass is 16.5. The van der Waals surface area contributed by atoms with Crippen LogP contribution in [0, 0.1) is 0 Å². The number of anilines is 1. The van der Waals surface area contributed by atoms with Gasteiger partial charge in [-0.2, -0.15) is 0 Å². The highest BCUT2D eigenvalue weighted by molar-refractivity contribution is 5.73. The summed E-state index contributed by atoms with van der Waals surface area (Å²) in [7, 11) is 5.18. The number of likely N-dealkylation sites (tertiary alicyclic amines) is 1. The number of aromatic nitrogens is 1. The summed E-state index contributed by atoms with van der Waals surface area (Å²) in [6, 6.07) is 4.28. The second kappa shape index (κ2) is 6.45. The van der Waals surface area contributed by atoms with Gasteiger partial charge in [0.25, 0.3) is 0 Å². The number of urea groups is 1. The average molecular weight is 278 g/mol. The molecule has 0 unspecified atom stereocenters. The van der Waals surface area contributed by atoms with Gasteiger partial charge in [-0.25, -0.2) is 9.78 Å². The van der Waals surface area contributed by atoms with E-state index in [0.717, 1.165) is 31.6 Å². The molecule has 0 radical (unpaired) electrons. The smallest absolute Gasteiger partial charge is 0.319 e. The lowest BCUT2D eigenvalue weighted by Gasteiger charge is -2.34. The minimum Gasteiger partial charge on any atom is -0.481 e. The molecule has 0 atom stereocenters. The van der Waals surface area contributed by atoms with Gasteiger partial charge in [0.05, 0.1) is 19.0 Å². The van der Waals surface area contributed by atoms with Crippen molar-refractivity contribution in [3.8, 4) is 5.88 Å². The fourth-order valence-corrected chi connectivity index (χ4v) is 2.32. The molecule has 1 aliphatic rings. The molecule has 1 saturated heterocycles. The van der Waals surface area contributed by atoms with Gasteiger partial charge in [0, 0.05) is 39.3 Å². The Morgan fingerprint density at radius 3 is 2.60 bits per heavy atom. The zero-order valence-corrected chi connectivity index (χ0v) is 12.3. The Balaban J connectivity index is 1.83. The summed E-state index contributed by atoms with van der Waals surface area (Å²) in [5, 5.41) is 3.45. The van der Waals surface area contributed by atoms with Gasteiger partial charge in [-0.3, -0.25) is 0 Å². The van der Waals surface area contributed by atoms with E-state index in [4.69, 9.17) is 4.74 Å². The van der Waals surface area contributed by atoms with Crippen molar-refractivity contribution in [2.75, 3.05) is 39.6 Å². The van der Waals surface area contributed by atoms with Crippen molar-refractivity contribution in [2.24, 2.45) is 0 Å². The third-order valence-corrected chi connectivity index (χ3v) is 3.46. The molecule has 110 valence electrons. The molecule has 0 aromatic carbocycles. The fraction of sp³-hybridized carbons (Fsp3) is 0.571. The number of ether oxygens (including phenoxy) is 1. The number of carbonyl (C=O) groups excluding carboxylic acids is 1. The summed E-state index contributed by atoms with van der Waals surface area (Å²) < 4.78 is 5.03. The van der Waals surface area contributed by atoms with Crippen molar-refractivity contribution in [1.82, 2.24) is 14.8 Å². The van der Waals surface area contributed by atoms with Crippen LogP contribution in [0.15, 0.2) is 18.3 Å². The van der Waals surface area contributed by atoms with Crippen LogP contribution in [-0.4, -0.2) is 61.2 Å². The lowest BCUT2D eigenvalue weighted by Crippen LogP contribution is -2.46. The summed E-state index contributed by atoms with van der Waals surface area (Å²) in [5.74, 6) is 0.613. The number of piperidine rings is 1. The first-order chi connectivity index (χ1) is 9.60. The van der Waals surface area contributed by atoms with Crippen molar-refractivity contribution in [3.05, 3.63) is 18.3 Å². The third kappa shape index (κ3) is 3.53. The molecule has 1 N–H and O–H groups in total. The summed E-state index contributed by atoms with van der Waals surface area (Å²) in [5.41, 5.74) is 0.989. The molecule has 0 saturated carbocycles. The number of rotatable bonds is 3. The van der Waals surface area contributed by atoms with Crippen LogP contribution in [0.2, 0.25) is 0 Å². The molecule has 0 bridgehead atoms. The van der Waals surface area contributed by atoms with Crippen molar-refractivity contribution in [3.63, 3.8) is 0 Å². The standard InChI is InChI=1S/C14H22N4O2/c1-17(2)14(19)18-8-6-11(7-9-18)16-12-4-5-13(20-3)15-10-12/h4-5,10-11,16H,6-9H2,1-3H3. The van der Waals surface area contributed by atoms with E-state index in [9.17, 15) is 4.79 Å². The van der Waals surface area contributed by atoms with Gasteiger partial charge in [-0.05, 0) is 18.9 Å². The van der Waals surface area contributed by atoms with Crippen LogP contribution in [-0.2, 0) is 0 Å². The first kappa shape index (κ1) is 14.4. The quantitative estimate of drug-likeness (QED) is 0.913. The maximum atomic E-state index is 11.8. The maximum absolute atomic E-state index is 11.8. The molecular formula is C14H22N4O2. The molecule has 6 heteroatoms. The predicted octanol–water partition coefficient (Wildman–Crippen LogP) is 1.65. The van der Waals surface area contributed by atoms with Crippen LogP contribution in [0.1, 0.15) is 12.8 Å². The van der Waals surface area contributed by atoms with E-state index in [1.807, 2.05) is 17.0 Å². The second-order valence-corrected chi connectivity index (χ2v) is 5.17. The number of nitrogens with zero attached hydrogens (tertiary/aromatic N) is 3. The Labute approximate surface area is 119 Å². The Bertz CT molecular complexity index is 439. The Morgan fingerprint density at radius 2 is 2.10 bits per heavy atom. The molecule has 0 spiro atoms. The van der Waals surface area contributed by atoms with Gasteiger partial charge in [0.15, 0.2) is 0 Å². The Kier molecular flexibility index (Phi) is 4.65. The van der Waals surface area contributed by atoms with Crippen LogP contribution in [0.3, 0.4) is 0 Å². The molecule has 20 heavy (non-hydrogen) atoms.